The maximum Gasteiger partial charge on any atom is 0.223 e. The molecule has 152 valence electrons. The summed E-state index contributed by atoms with van der Waals surface area (Å²) >= 11 is 0. The fourth-order valence-corrected chi connectivity index (χ4v) is 2.94. The van der Waals surface area contributed by atoms with Crippen molar-refractivity contribution in [3.63, 3.8) is 0 Å². The number of piperidine rings is 1. The first-order chi connectivity index (χ1) is 12.2. The SMILES string of the molecule is CCNC(=NCCNC(=O)C1CC1)N1CCC(OCCCOC)CC1.I. The molecule has 8 heteroatoms. The van der Waals surface area contributed by atoms with E-state index in [-0.39, 0.29) is 35.8 Å². The Kier molecular flexibility index (Phi) is 12.2. The summed E-state index contributed by atoms with van der Waals surface area (Å²) in [5.74, 6) is 1.40. The molecule has 7 nitrogen and oxygen atoms in total. The van der Waals surface area contributed by atoms with Crippen molar-refractivity contribution in [1.82, 2.24) is 15.5 Å². The molecule has 1 aliphatic carbocycles. The number of aliphatic imine (C=N–C) groups is 1. The number of amides is 1. The highest BCUT2D eigenvalue weighted by atomic mass is 127. The lowest BCUT2D eigenvalue weighted by Gasteiger charge is -2.34. The van der Waals surface area contributed by atoms with Crippen LogP contribution in [0, 0.1) is 5.92 Å². The van der Waals surface area contributed by atoms with Gasteiger partial charge in [-0.15, -0.1) is 24.0 Å². The van der Waals surface area contributed by atoms with Crippen LogP contribution in [0.15, 0.2) is 4.99 Å². The van der Waals surface area contributed by atoms with Crippen LogP contribution in [0.5, 0.6) is 0 Å². The van der Waals surface area contributed by atoms with Gasteiger partial charge >= 0.3 is 0 Å². The molecule has 0 aromatic heterocycles. The third kappa shape index (κ3) is 8.85. The van der Waals surface area contributed by atoms with Crippen LogP contribution in [-0.4, -0.2) is 75.9 Å². The van der Waals surface area contributed by atoms with E-state index in [1.165, 1.54) is 0 Å². The molecule has 0 unspecified atom stereocenters. The summed E-state index contributed by atoms with van der Waals surface area (Å²) in [4.78, 5) is 18.6. The topological polar surface area (TPSA) is 75.2 Å². The van der Waals surface area contributed by atoms with E-state index in [4.69, 9.17) is 9.47 Å². The number of halogens is 1. The van der Waals surface area contributed by atoms with Crippen LogP contribution in [0.2, 0.25) is 0 Å². The Morgan fingerprint density at radius 1 is 1.15 bits per heavy atom. The predicted molar refractivity (Wildman–Crippen MR) is 114 cm³/mol. The molecule has 1 saturated carbocycles. The van der Waals surface area contributed by atoms with Crippen molar-refractivity contribution in [2.75, 3.05) is 53.0 Å². The normalized spacial score (nSPS) is 18.4. The number of hydrogen-bond donors (Lipinski definition) is 2. The van der Waals surface area contributed by atoms with E-state index in [2.05, 4.69) is 27.4 Å². The summed E-state index contributed by atoms with van der Waals surface area (Å²) < 4.78 is 11.0. The standard InChI is InChI=1S/C18H34N4O3.HI/c1-3-19-18(21-10-9-20-17(23)15-5-6-15)22-11-7-16(8-12-22)25-14-4-13-24-2;/h15-16H,3-14H2,1-2H3,(H,19,21)(H,20,23);1H. The van der Waals surface area contributed by atoms with Gasteiger partial charge in [0.1, 0.15) is 0 Å². The van der Waals surface area contributed by atoms with Crippen molar-refractivity contribution in [1.29, 1.82) is 0 Å². The number of nitrogens with zero attached hydrogens (tertiary/aromatic N) is 2. The van der Waals surface area contributed by atoms with Gasteiger partial charge in [-0.3, -0.25) is 9.79 Å². The fraction of sp³-hybridized carbons (Fsp3) is 0.889. The molecule has 2 aliphatic rings. The van der Waals surface area contributed by atoms with E-state index in [9.17, 15) is 4.79 Å². The Balaban J connectivity index is 0.00000338. The second-order valence-electron chi connectivity index (χ2n) is 6.70. The molecule has 1 saturated heterocycles. The number of likely N-dealkylation sites (tertiary alicyclic amines) is 1. The molecule has 1 heterocycles. The van der Waals surface area contributed by atoms with Crippen LogP contribution >= 0.6 is 24.0 Å². The van der Waals surface area contributed by atoms with Crippen molar-refractivity contribution in [3.05, 3.63) is 0 Å². The van der Waals surface area contributed by atoms with E-state index < -0.39 is 0 Å². The lowest BCUT2D eigenvalue weighted by molar-refractivity contribution is -0.122. The predicted octanol–water partition coefficient (Wildman–Crippen LogP) is 1.61. The molecule has 2 fully saturated rings. The van der Waals surface area contributed by atoms with Gasteiger partial charge < -0.3 is 25.0 Å². The molecule has 26 heavy (non-hydrogen) atoms. The zero-order valence-electron chi connectivity index (χ0n) is 16.2. The summed E-state index contributed by atoms with van der Waals surface area (Å²) in [5.41, 5.74) is 0. The second-order valence-corrected chi connectivity index (χ2v) is 6.70. The van der Waals surface area contributed by atoms with Gasteiger partial charge in [-0.25, -0.2) is 0 Å². The third-order valence-corrected chi connectivity index (χ3v) is 4.54. The van der Waals surface area contributed by atoms with Crippen molar-refractivity contribution in [3.8, 4) is 0 Å². The molecule has 0 atom stereocenters. The zero-order chi connectivity index (χ0) is 17.9. The Morgan fingerprint density at radius 3 is 2.50 bits per heavy atom. The quantitative estimate of drug-likeness (QED) is 0.214. The number of hydrogen-bond acceptors (Lipinski definition) is 4. The van der Waals surface area contributed by atoms with E-state index in [1.807, 2.05) is 0 Å². The average molecular weight is 482 g/mol. The molecule has 0 aromatic carbocycles. The first kappa shape index (κ1) is 23.4. The number of nitrogens with one attached hydrogen (secondary N) is 2. The Labute approximate surface area is 174 Å². The summed E-state index contributed by atoms with van der Waals surface area (Å²) in [5, 5.41) is 6.32. The van der Waals surface area contributed by atoms with Gasteiger partial charge in [0, 0.05) is 52.4 Å². The van der Waals surface area contributed by atoms with Crippen molar-refractivity contribution in [2.45, 2.75) is 45.1 Å². The number of carbonyl (C=O) groups excluding carboxylic acids is 1. The molecule has 2 N–H and O–H groups in total. The Bertz CT molecular complexity index is 425. The lowest BCUT2D eigenvalue weighted by atomic mass is 10.1. The van der Waals surface area contributed by atoms with Crippen molar-refractivity contribution < 1.29 is 14.3 Å². The van der Waals surface area contributed by atoms with Crippen LogP contribution in [0.1, 0.15) is 39.0 Å². The third-order valence-electron chi connectivity index (χ3n) is 4.54. The van der Waals surface area contributed by atoms with Crippen molar-refractivity contribution >= 4 is 35.8 Å². The van der Waals surface area contributed by atoms with Gasteiger partial charge in [-0.1, -0.05) is 0 Å². The van der Waals surface area contributed by atoms with Crippen molar-refractivity contribution in [2.24, 2.45) is 10.9 Å². The van der Waals surface area contributed by atoms with Gasteiger partial charge in [0.25, 0.3) is 0 Å². The summed E-state index contributed by atoms with van der Waals surface area (Å²) in [6, 6.07) is 0. The Hall–Kier alpha value is -0.610. The maximum atomic E-state index is 11.6. The highest BCUT2D eigenvalue weighted by Gasteiger charge is 2.29. The van der Waals surface area contributed by atoms with Gasteiger partial charge in [0.2, 0.25) is 5.91 Å². The number of carbonyl (C=O) groups is 1. The monoisotopic (exact) mass is 482 g/mol. The van der Waals surface area contributed by atoms with Crippen LogP contribution in [0.3, 0.4) is 0 Å². The minimum atomic E-state index is 0. The van der Waals surface area contributed by atoms with Crippen LogP contribution < -0.4 is 10.6 Å². The van der Waals surface area contributed by atoms with Gasteiger partial charge in [0.05, 0.1) is 12.6 Å². The number of rotatable bonds is 10. The molecule has 0 bridgehead atoms. The molecule has 0 radical (unpaired) electrons. The van der Waals surface area contributed by atoms with Crippen LogP contribution in [0.4, 0.5) is 0 Å². The highest BCUT2D eigenvalue weighted by Crippen LogP contribution is 2.28. The van der Waals surface area contributed by atoms with Crippen LogP contribution in [-0.2, 0) is 14.3 Å². The fourth-order valence-electron chi connectivity index (χ4n) is 2.94. The van der Waals surface area contributed by atoms with Gasteiger partial charge in [-0.05, 0) is 39.0 Å². The van der Waals surface area contributed by atoms with Crippen LogP contribution in [0.25, 0.3) is 0 Å². The molecule has 2 rings (SSSR count). The summed E-state index contributed by atoms with van der Waals surface area (Å²) in [6.45, 7) is 7.60. The highest BCUT2D eigenvalue weighted by molar-refractivity contribution is 14.0. The maximum absolute atomic E-state index is 11.6. The minimum absolute atomic E-state index is 0. The first-order valence-corrected chi connectivity index (χ1v) is 9.66. The zero-order valence-corrected chi connectivity index (χ0v) is 18.5. The average Bonchev–Trinajstić information content (AvgIpc) is 3.47. The molecule has 1 amide bonds. The lowest BCUT2D eigenvalue weighted by Crippen LogP contribution is -2.47. The first-order valence-electron chi connectivity index (χ1n) is 9.66. The van der Waals surface area contributed by atoms with E-state index >= 15 is 0 Å². The number of ether oxygens (including phenoxy) is 2. The molecule has 0 aromatic rings. The molecule has 0 spiro atoms. The molecule has 1 aliphatic heterocycles. The van der Waals surface area contributed by atoms with Gasteiger partial charge in [0.15, 0.2) is 5.96 Å². The molecular formula is C18H35IN4O3. The van der Waals surface area contributed by atoms with E-state index in [1.54, 1.807) is 7.11 Å². The van der Waals surface area contributed by atoms with E-state index in [0.717, 1.165) is 70.9 Å². The Morgan fingerprint density at radius 2 is 1.88 bits per heavy atom. The minimum Gasteiger partial charge on any atom is -0.385 e. The summed E-state index contributed by atoms with van der Waals surface area (Å²) in [6.07, 6.45) is 5.42. The summed E-state index contributed by atoms with van der Waals surface area (Å²) in [7, 11) is 1.72. The second kappa shape index (κ2) is 13.5. The van der Waals surface area contributed by atoms with E-state index in [0.29, 0.717) is 19.2 Å². The largest absolute Gasteiger partial charge is 0.385 e. The van der Waals surface area contributed by atoms with Gasteiger partial charge in [-0.2, -0.15) is 0 Å². The number of guanidine groups is 1. The molecular weight excluding hydrogens is 447 g/mol. The smallest absolute Gasteiger partial charge is 0.223 e. The number of methoxy groups -OCH3 is 1.